The predicted molar refractivity (Wildman–Crippen MR) is 312 cm³/mol. The van der Waals surface area contributed by atoms with Crippen LogP contribution in [-0.4, -0.2) is 96.7 Å². The Balaban J connectivity index is 5.17. The summed E-state index contributed by atoms with van der Waals surface area (Å²) in [5, 5.41) is 10.5. The zero-order chi connectivity index (χ0) is 58.8. The maximum Gasteiger partial charge on any atom is 0.472 e. The van der Waals surface area contributed by atoms with Crippen LogP contribution in [0.5, 0.6) is 0 Å². The standard InChI is InChI=1S/C60H116O17P2/c1-8-9-10-24-34-41-57(62)70-47-55(77-60(65)44-37-30-23-22-27-33-40-53(6)7)49-74-78(66,67)72-45-54(61)46-73-79(68,69)75-50-56(48-71-58(63)42-35-28-21-17-19-26-32-39-52(4)5)76-59(64)43-36-29-20-16-14-12-11-13-15-18-25-31-38-51(2)3/h51-56,61H,8-50H2,1-7H3,(H,66,67)(H,68,69)/t54-,55+,56+/m0/s1. The van der Waals surface area contributed by atoms with Gasteiger partial charge in [-0.3, -0.25) is 37.3 Å². The van der Waals surface area contributed by atoms with Crippen LogP contribution in [0.4, 0.5) is 0 Å². The average Bonchev–Trinajstić information content (AvgIpc) is 3.39. The molecule has 468 valence electrons. The lowest BCUT2D eigenvalue weighted by atomic mass is 10.0. The lowest BCUT2D eigenvalue weighted by Crippen LogP contribution is -2.30. The van der Waals surface area contributed by atoms with Crippen LogP contribution in [0.15, 0.2) is 0 Å². The highest BCUT2D eigenvalue weighted by molar-refractivity contribution is 7.47. The molecule has 5 atom stereocenters. The van der Waals surface area contributed by atoms with Crippen molar-refractivity contribution >= 4 is 39.5 Å². The zero-order valence-corrected chi connectivity index (χ0v) is 52.6. The third-order valence-corrected chi connectivity index (χ3v) is 15.5. The first-order valence-electron chi connectivity index (χ1n) is 31.3. The van der Waals surface area contributed by atoms with E-state index in [1.807, 2.05) is 0 Å². The van der Waals surface area contributed by atoms with Crippen LogP contribution < -0.4 is 0 Å². The van der Waals surface area contributed by atoms with Crippen LogP contribution in [0.25, 0.3) is 0 Å². The maximum atomic E-state index is 12.9. The Bertz CT molecular complexity index is 1580. The normalized spacial score (nSPS) is 14.5. The van der Waals surface area contributed by atoms with Crippen LogP contribution in [0.2, 0.25) is 0 Å². The first-order chi connectivity index (χ1) is 37.7. The largest absolute Gasteiger partial charge is 0.472 e. The number of ether oxygens (including phenoxy) is 4. The second kappa shape index (κ2) is 51.7. The number of aliphatic hydroxyl groups is 1. The minimum Gasteiger partial charge on any atom is -0.462 e. The quantitative estimate of drug-likeness (QED) is 0.0222. The summed E-state index contributed by atoms with van der Waals surface area (Å²) in [5.41, 5.74) is 0. The number of phosphoric acid groups is 2. The maximum absolute atomic E-state index is 12.9. The lowest BCUT2D eigenvalue weighted by Gasteiger charge is -2.21. The van der Waals surface area contributed by atoms with Crippen LogP contribution in [-0.2, 0) is 65.4 Å². The molecule has 0 saturated heterocycles. The third-order valence-electron chi connectivity index (χ3n) is 13.6. The van der Waals surface area contributed by atoms with Crippen molar-refractivity contribution < 1.29 is 80.2 Å². The average molecular weight is 1170 g/mol. The molecule has 0 fully saturated rings. The molecule has 0 aromatic carbocycles. The first-order valence-corrected chi connectivity index (χ1v) is 34.3. The molecular weight excluding hydrogens is 1050 g/mol. The van der Waals surface area contributed by atoms with Gasteiger partial charge in [-0.2, -0.15) is 0 Å². The number of hydrogen-bond acceptors (Lipinski definition) is 15. The number of carbonyl (C=O) groups is 4. The van der Waals surface area contributed by atoms with E-state index < -0.39 is 97.5 Å². The van der Waals surface area contributed by atoms with Gasteiger partial charge in [0, 0.05) is 25.7 Å². The van der Waals surface area contributed by atoms with E-state index in [9.17, 15) is 43.2 Å². The summed E-state index contributed by atoms with van der Waals surface area (Å²) >= 11 is 0. The molecule has 0 aliphatic carbocycles. The van der Waals surface area contributed by atoms with Crippen molar-refractivity contribution in [1.29, 1.82) is 0 Å². The van der Waals surface area contributed by atoms with Gasteiger partial charge in [-0.05, 0) is 43.4 Å². The molecule has 3 N–H and O–H groups in total. The van der Waals surface area contributed by atoms with Crippen molar-refractivity contribution in [3.63, 3.8) is 0 Å². The zero-order valence-electron chi connectivity index (χ0n) is 50.8. The Morgan fingerprint density at radius 1 is 0.342 bits per heavy atom. The van der Waals surface area contributed by atoms with Gasteiger partial charge in [0.25, 0.3) is 0 Å². The van der Waals surface area contributed by atoms with E-state index in [1.54, 1.807) is 0 Å². The summed E-state index contributed by atoms with van der Waals surface area (Å²) in [7, 11) is -9.87. The second-order valence-electron chi connectivity index (χ2n) is 23.2. The van der Waals surface area contributed by atoms with E-state index in [-0.39, 0.29) is 25.7 Å². The molecule has 0 spiro atoms. The highest BCUT2D eigenvalue weighted by atomic mass is 31.2. The van der Waals surface area contributed by atoms with Gasteiger partial charge >= 0.3 is 39.5 Å². The topological polar surface area (TPSA) is 237 Å². The Morgan fingerprint density at radius 2 is 0.582 bits per heavy atom. The summed E-state index contributed by atoms with van der Waals surface area (Å²) < 4.78 is 67.6. The molecule has 0 aromatic heterocycles. The molecule has 2 unspecified atom stereocenters. The monoisotopic (exact) mass is 1170 g/mol. The minimum absolute atomic E-state index is 0.101. The predicted octanol–water partition coefficient (Wildman–Crippen LogP) is 15.9. The Hall–Kier alpha value is -1.94. The summed E-state index contributed by atoms with van der Waals surface area (Å²) in [4.78, 5) is 71.7. The molecule has 0 bridgehead atoms. The van der Waals surface area contributed by atoms with Gasteiger partial charge in [-0.15, -0.1) is 0 Å². The van der Waals surface area contributed by atoms with E-state index in [0.29, 0.717) is 37.5 Å². The smallest absolute Gasteiger partial charge is 0.462 e. The minimum atomic E-state index is -4.94. The van der Waals surface area contributed by atoms with Crippen molar-refractivity contribution in [1.82, 2.24) is 0 Å². The number of unbranched alkanes of at least 4 members (excludes halogenated alkanes) is 26. The molecular formula is C60H116O17P2. The molecule has 79 heavy (non-hydrogen) atoms. The van der Waals surface area contributed by atoms with Gasteiger partial charge in [-0.25, -0.2) is 9.13 Å². The molecule has 0 aromatic rings. The van der Waals surface area contributed by atoms with Crippen LogP contribution >= 0.6 is 15.6 Å². The number of carbonyl (C=O) groups excluding carboxylic acids is 4. The fraction of sp³-hybridized carbons (Fsp3) is 0.933. The van der Waals surface area contributed by atoms with E-state index in [0.717, 1.165) is 109 Å². The molecule has 0 heterocycles. The van der Waals surface area contributed by atoms with E-state index in [4.69, 9.17) is 37.0 Å². The molecule has 0 amide bonds. The Morgan fingerprint density at radius 3 is 0.861 bits per heavy atom. The highest BCUT2D eigenvalue weighted by Gasteiger charge is 2.30. The van der Waals surface area contributed by atoms with Crippen LogP contribution in [0.1, 0.15) is 286 Å². The van der Waals surface area contributed by atoms with Gasteiger partial charge in [0.05, 0.1) is 26.4 Å². The van der Waals surface area contributed by atoms with Crippen molar-refractivity contribution in [3.05, 3.63) is 0 Å². The second-order valence-corrected chi connectivity index (χ2v) is 26.1. The molecule has 0 aliphatic heterocycles. The molecule has 0 radical (unpaired) electrons. The number of aliphatic hydroxyl groups excluding tert-OH is 1. The van der Waals surface area contributed by atoms with Gasteiger partial charge in [-0.1, -0.05) is 235 Å². The van der Waals surface area contributed by atoms with Crippen molar-refractivity contribution in [3.8, 4) is 0 Å². The molecule has 0 aliphatic rings. The summed E-state index contributed by atoms with van der Waals surface area (Å²) in [6.07, 6.45) is 31.3. The number of phosphoric ester groups is 2. The fourth-order valence-electron chi connectivity index (χ4n) is 8.77. The van der Waals surface area contributed by atoms with Crippen molar-refractivity contribution in [2.75, 3.05) is 39.6 Å². The van der Waals surface area contributed by atoms with E-state index in [2.05, 4.69) is 48.5 Å². The molecule has 0 saturated carbocycles. The van der Waals surface area contributed by atoms with Gasteiger partial charge < -0.3 is 33.8 Å². The van der Waals surface area contributed by atoms with Crippen molar-refractivity contribution in [2.45, 2.75) is 304 Å². The molecule has 0 rings (SSSR count). The van der Waals surface area contributed by atoms with E-state index in [1.165, 1.54) is 83.5 Å². The van der Waals surface area contributed by atoms with Crippen LogP contribution in [0, 0.1) is 17.8 Å². The van der Waals surface area contributed by atoms with E-state index >= 15 is 0 Å². The van der Waals surface area contributed by atoms with Crippen LogP contribution in [0.3, 0.4) is 0 Å². The summed E-state index contributed by atoms with van der Waals surface area (Å²) in [6.45, 7) is 11.5. The number of rotatable bonds is 58. The Kier molecular flexibility index (Phi) is 50.4. The fourth-order valence-corrected chi connectivity index (χ4v) is 10.4. The molecule has 17 nitrogen and oxygen atoms in total. The SMILES string of the molecule is CCCCCCCC(=O)OC[C@H](COP(=O)(O)OC[C@H](O)COP(=O)(O)OC[C@@H](COC(=O)CCCCCCCCCC(C)C)OC(=O)CCCCCCCCCCCCCCC(C)C)OC(=O)CCCCCCCCC(C)C. The third kappa shape index (κ3) is 55.0. The first kappa shape index (κ1) is 77.1. The molecule has 19 heteroatoms. The van der Waals surface area contributed by atoms with Gasteiger partial charge in [0.1, 0.15) is 19.3 Å². The number of hydrogen-bond donors (Lipinski definition) is 3. The lowest BCUT2D eigenvalue weighted by molar-refractivity contribution is -0.161. The summed E-state index contributed by atoms with van der Waals surface area (Å²) in [6, 6.07) is 0. The number of esters is 4. The summed E-state index contributed by atoms with van der Waals surface area (Å²) in [5.74, 6) is -0.00508. The van der Waals surface area contributed by atoms with Gasteiger partial charge in [0.15, 0.2) is 12.2 Å². The van der Waals surface area contributed by atoms with Crippen molar-refractivity contribution in [2.24, 2.45) is 17.8 Å². The Labute approximate surface area is 479 Å². The van der Waals surface area contributed by atoms with Gasteiger partial charge in [0.2, 0.25) is 0 Å². The highest BCUT2D eigenvalue weighted by Crippen LogP contribution is 2.45.